The first-order chi connectivity index (χ1) is 8.75. The lowest BCUT2D eigenvalue weighted by Gasteiger charge is -2.21. The second-order valence-corrected chi connectivity index (χ2v) is 5.68. The molecule has 2 amide bonds. The zero-order chi connectivity index (χ0) is 12.5. The van der Waals surface area contributed by atoms with Crippen molar-refractivity contribution in [1.82, 2.24) is 15.5 Å². The summed E-state index contributed by atoms with van der Waals surface area (Å²) < 4.78 is 1.06. The Kier molecular flexibility index (Phi) is 3.26. The molecule has 2 atom stereocenters. The fourth-order valence-electron chi connectivity index (χ4n) is 2.71. The van der Waals surface area contributed by atoms with Gasteiger partial charge in [0.1, 0.15) is 0 Å². The minimum absolute atomic E-state index is 0.0597. The number of hydrogen-bond donors (Lipinski definition) is 2. The molecule has 4 nitrogen and oxygen atoms in total. The van der Waals surface area contributed by atoms with Gasteiger partial charge in [0, 0.05) is 23.6 Å². The largest absolute Gasteiger partial charge is 0.329 e. The predicted molar refractivity (Wildman–Crippen MR) is 73.4 cm³/mol. The van der Waals surface area contributed by atoms with Gasteiger partial charge in [-0.3, -0.25) is 0 Å². The number of nitrogens with zero attached hydrogens (tertiary/aromatic N) is 1. The quantitative estimate of drug-likeness (QED) is 0.876. The lowest BCUT2D eigenvalue weighted by atomic mass is 10.1. The molecule has 1 aromatic rings. The van der Waals surface area contributed by atoms with Crippen LogP contribution in [0.2, 0.25) is 0 Å². The number of nitrogens with one attached hydrogen (secondary N) is 2. The molecule has 2 aliphatic rings. The molecule has 1 aromatic carbocycles. The van der Waals surface area contributed by atoms with Gasteiger partial charge in [0.2, 0.25) is 0 Å². The highest BCUT2D eigenvalue weighted by molar-refractivity contribution is 9.10. The summed E-state index contributed by atoms with van der Waals surface area (Å²) >= 11 is 3.55. The first-order valence-electron chi connectivity index (χ1n) is 6.28. The van der Waals surface area contributed by atoms with Crippen LogP contribution in [0.15, 0.2) is 28.7 Å². The summed E-state index contributed by atoms with van der Waals surface area (Å²) in [6.45, 7) is 2.68. The van der Waals surface area contributed by atoms with E-state index in [9.17, 15) is 4.79 Å². The number of hydrogen-bond acceptors (Lipinski definition) is 2. The molecule has 0 aromatic heterocycles. The van der Waals surface area contributed by atoms with E-state index < -0.39 is 0 Å². The number of carbonyl (C=O) groups excluding carboxylic acids is 1. The molecule has 18 heavy (non-hydrogen) atoms. The van der Waals surface area contributed by atoms with Crippen molar-refractivity contribution < 1.29 is 4.79 Å². The van der Waals surface area contributed by atoms with Crippen LogP contribution in [-0.4, -0.2) is 36.6 Å². The van der Waals surface area contributed by atoms with E-state index in [1.165, 1.54) is 0 Å². The van der Waals surface area contributed by atoms with E-state index in [2.05, 4.69) is 32.6 Å². The molecule has 2 fully saturated rings. The Hall–Kier alpha value is -1.07. The van der Waals surface area contributed by atoms with Crippen molar-refractivity contribution >= 4 is 22.0 Å². The van der Waals surface area contributed by atoms with Gasteiger partial charge >= 0.3 is 6.03 Å². The van der Waals surface area contributed by atoms with E-state index in [-0.39, 0.29) is 12.1 Å². The number of carbonyl (C=O) groups is 1. The molecule has 2 unspecified atom stereocenters. The Labute approximate surface area is 115 Å². The van der Waals surface area contributed by atoms with Gasteiger partial charge in [-0.25, -0.2) is 4.79 Å². The van der Waals surface area contributed by atoms with Crippen LogP contribution in [0.3, 0.4) is 0 Å². The van der Waals surface area contributed by atoms with Crippen molar-refractivity contribution in [3.05, 3.63) is 34.3 Å². The molecule has 2 aliphatic heterocycles. The van der Waals surface area contributed by atoms with Gasteiger partial charge < -0.3 is 15.5 Å². The van der Waals surface area contributed by atoms with E-state index in [0.29, 0.717) is 6.04 Å². The van der Waals surface area contributed by atoms with Crippen molar-refractivity contribution in [3.8, 4) is 0 Å². The molecule has 0 radical (unpaired) electrons. The SMILES string of the molecule is O=C1NC(c2ccccc2Br)CN1C1CCNC1. The van der Waals surface area contributed by atoms with Gasteiger partial charge in [-0.2, -0.15) is 0 Å². The van der Waals surface area contributed by atoms with Crippen LogP contribution in [0, 0.1) is 0 Å². The highest BCUT2D eigenvalue weighted by atomic mass is 79.9. The van der Waals surface area contributed by atoms with Gasteiger partial charge in [-0.15, -0.1) is 0 Å². The second kappa shape index (κ2) is 4.90. The molecule has 0 bridgehead atoms. The average molecular weight is 310 g/mol. The highest BCUT2D eigenvalue weighted by Crippen LogP contribution is 2.28. The Morgan fingerprint density at radius 2 is 2.17 bits per heavy atom. The molecule has 2 heterocycles. The van der Waals surface area contributed by atoms with Crippen molar-refractivity contribution in [3.63, 3.8) is 0 Å². The molecule has 5 heteroatoms. The van der Waals surface area contributed by atoms with Crippen molar-refractivity contribution in [2.45, 2.75) is 18.5 Å². The Balaban J connectivity index is 1.77. The Morgan fingerprint density at radius 1 is 1.33 bits per heavy atom. The fourth-order valence-corrected chi connectivity index (χ4v) is 3.27. The first kappa shape index (κ1) is 12.0. The third-order valence-corrected chi connectivity index (χ3v) is 4.42. The third-order valence-electron chi connectivity index (χ3n) is 3.69. The minimum Gasteiger partial charge on any atom is -0.329 e. The van der Waals surface area contributed by atoms with Crippen LogP contribution < -0.4 is 10.6 Å². The van der Waals surface area contributed by atoms with Gasteiger partial charge in [0.25, 0.3) is 0 Å². The lowest BCUT2D eigenvalue weighted by molar-refractivity contribution is 0.201. The molecule has 0 aliphatic carbocycles. The van der Waals surface area contributed by atoms with Crippen LogP contribution in [0.5, 0.6) is 0 Å². The molecule has 0 saturated carbocycles. The number of amides is 2. The van der Waals surface area contributed by atoms with Gasteiger partial charge in [-0.1, -0.05) is 34.1 Å². The number of benzene rings is 1. The van der Waals surface area contributed by atoms with E-state index in [1.54, 1.807) is 0 Å². The maximum atomic E-state index is 12.0. The Bertz CT molecular complexity index is 459. The first-order valence-corrected chi connectivity index (χ1v) is 7.07. The normalized spacial score (nSPS) is 27.6. The zero-order valence-corrected chi connectivity index (χ0v) is 11.6. The summed E-state index contributed by atoms with van der Waals surface area (Å²) in [4.78, 5) is 14.0. The number of urea groups is 1. The van der Waals surface area contributed by atoms with Crippen LogP contribution in [0.1, 0.15) is 18.0 Å². The zero-order valence-electron chi connectivity index (χ0n) is 10.0. The molecule has 2 N–H and O–H groups in total. The van der Waals surface area contributed by atoms with Crippen molar-refractivity contribution in [2.24, 2.45) is 0 Å². The van der Waals surface area contributed by atoms with Crippen LogP contribution in [0.4, 0.5) is 4.79 Å². The van der Waals surface area contributed by atoms with E-state index in [0.717, 1.165) is 36.1 Å². The molecule has 96 valence electrons. The number of rotatable bonds is 2. The molecule has 2 saturated heterocycles. The standard InChI is InChI=1S/C13H16BrN3O/c14-11-4-2-1-3-10(11)12-8-17(13(18)16-12)9-5-6-15-7-9/h1-4,9,12,15H,5-8H2,(H,16,18). The molecule has 3 rings (SSSR count). The molecule has 0 spiro atoms. The smallest absolute Gasteiger partial charge is 0.318 e. The van der Waals surface area contributed by atoms with Crippen molar-refractivity contribution in [1.29, 1.82) is 0 Å². The summed E-state index contributed by atoms with van der Waals surface area (Å²) in [5, 5.41) is 6.37. The van der Waals surface area contributed by atoms with Gasteiger partial charge in [0.15, 0.2) is 0 Å². The predicted octanol–water partition coefficient (Wildman–Crippen LogP) is 1.88. The summed E-state index contributed by atoms with van der Waals surface area (Å²) in [6, 6.07) is 8.57. The fraction of sp³-hybridized carbons (Fsp3) is 0.462. The van der Waals surface area contributed by atoms with Crippen LogP contribution >= 0.6 is 15.9 Å². The second-order valence-electron chi connectivity index (χ2n) is 4.82. The van der Waals surface area contributed by atoms with Crippen molar-refractivity contribution in [2.75, 3.05) is 19.6 Å². The van der Waals surface area contributed by atoms with Crippen LogP contribution in [0.25, 0.3) is 0 Å². The van der Waals surface area contributed by atoms with E-state index >= 15 is 0 Å². The third kappa shape index (κ3) is 2.12. The van der Waals surface area contributed by atoms with Gasteiger partial charge in [0.05, 0.1) is 6.04 Å². The maximum absolute atomic E-state index is 12.0. The highest BCUT2D eigenvalue weighted by Gasteiger charge is 2.36. The average Bonchev–Trinajstić information content (AvgIpc) is 2.98. The summed E-state index contributed by atoms with van der Waals surface area (Å²) in [6.07, 6.45) is 1.05. The Morgan fingerprint density at radius 3 is 2.89 bits per heavy atom. The summed E-state index contributed by atoms with van der Waals surface area (Å²) in [5.74, 6) is 0. The molecular formula is C13H16BrN3O. The summed E-state index contributed by atoms with van der Waals surface area (Å²) in [7, 11) is 0. The number of halogens is 1. The topological polar surface area (TPSA) is 44.4 Å². The van der Waals surface area contributed by atoms with E-state index in [1.807, 2.05) is 23.1 Å². The molecular weight excluding hydrogens is 294 g/mol. The minimum atomic E-state index is 0.0597. The maximum Gasteiger partial charge on any atom is 0.318 e. The lowest BCUT2D eigenvalue weighted by Crippen LogP contribution is -2.39. The summed E-state index contributed by atoms with van der Waals surface area (Å²) in [5.41, 5.74) is 1.15. The monoisotopic (exact) mass is 309 g/mol. The van der Waals surface area contributed by atoms with Gasteiger partial charge in [-0.05, 0) is 24.6 Å². The van der Waals surface area contributed by atoms with Crippen LogP contribution in [-0.2, 0) is 0 Å². The van der Waals surface area contributed by atoms with E-state index in [4.69, 9.17) is 0 Å².